The first-order chi connectivity index (χ1) is 6.38. The molecule has 0 atom stereocenters. The lowest BCUT2D eigenvalue weighted by atomic mass is 10.1. The van der Waals surface area contributed by atoms with Gasteiger partial charge in [0.1, 0.15) is 5.84 Å². The summed E-state index contributed by atoms with van der Waals surface area (Å²) in [6.45, 7) is 7.92. The fraction of sp³-hybridized carbons (Fsp3) is 0.545. The third-order valence-electron chi connectivity index (χ3n) is 2.22. The molecule has 0 saturated carbocycles. The summed E-state index contributed by atoms with van der Waals surface area (Å²) in [5.74, 6) is 1.05. The van der Waals surface area contributed by atoms with Gasteiger partial charge in [0.05, 0.1) is 0 Å². The maximum atomic E-state index is 4.26. The highest BCUT2D eigenvalue weighted by molar-refractivity contribution is 5.93. The van der Waals surface area contributed by atoms with Crippen molar-refractivity contribution in [2.45, 2.75) is 26.2 Å². The van der Waals surface area contributed by atoms with E-state index in [9.17, 15) is 0 Å². The van der Waals surface area contributed by atoms with E-state index in [1.807, 2.05) is 19.1 Å². The SMILES string of the molecule is C=CN=C(/C=C\C)N1CCCCC1. The molecule has 2 heteroatoms. The second-order valence-electron chi connectivity index (χ2n) is 3.22. The predicted molar refractivity (Wildman–Crippen MR) is 57.9 cm³/mol. The molecule has 1 fully saturated rings. The predicted octanol–water partition coefficient (Wildman–Crippen LogP) is 2.59. The molecule has 0 aromatic rings. The molecule has 0 radical (unpaired) electrons. The average Bonchev–Trinajstić information content (AvgIpc) is 2.19. The van der Waals surface area contributed by atoms with Crippen molar-refractivity contribution in [3.63, 3.8) is 0 Å². The summed E-state index contributed by atoms with van der Waals surface area (Å²) in [6.07, 6.45) is 9.61. The lowest BCUT2D eigenvalue weighted by Gasteiger charge is -2.28. The number of likely N-dealkylation sites (tertiary alicyclic amines) is 1. The Morgan fingerprint density at radius 3 is 2.54 bits per heavy atom. The number of amidine groups is 1. The van der Waals surface area contributed by atoms with Crippen LogP contribution in [0.4, 0.5) is 0 Å². The summed E-state index contributed by atoms with van der Waals surface area (Å²) >= 11 is 0. The molecule has 1 aliphatic rings. The summed E-state index contributed by atoms with van der Waals surface area (Å²) < 4.78 is 0. The monoisotopic (exact) mass is 178 g/mol. The Labute approximate surface area is 80.7 Å². The number of hydrogen-bond donors (Lipinski definition) is 0. The first-order valence-electron chi connectivity index (χ1n) is 4.95. The number of piperidine rings is 1. The minimum Gasteiger partial charge on any atom is -0.357 e. The van der Waals surface area contributed by atoms with E-state index in [0.29, 0.717) is 0 Å². The van der Waals surface area contributed by atoms with Crippen LogP contribution in [0.1, 0.15) is 26.2 Å². The van der Waals surface area contributed by atoms with Crippen LogP contribution in [0.5, 0.6) is 0 Å². The van der Waals surface area contributed by atoms with E-state index in [0.717, 1.165) is 18.9 Å². The normalized spacial score (nSPS) is 19.5. The molecule has 0 amide bonds. The van der Waals surface area contributed by atoms with E-state index >= 15 is 0 Å². The van der Waals surface area contributed by atoms with Crippen LogP contribution in [-0.4, -0.2) is 23.8 Å². The van der Waals surface area contributed by atoms with Crippen molar-refractivity contribution in [1.29, 1.82) is 0 Å². The lowest BCUT2D eigenvalue weighted by Crippen LogP contribution is -2.34. The minimum atomic E-state index is 1.05. The van der Waals surface area contributed by atoms with Gasteiger partial charge in [-0.3, -0.25) is 0 Å². The van der Waals surface area contributed by atoms with E-state index in [1.54, 1.807) is 6.20 Å². The highest BCUT2D eigenvalue weighted by Crippen LogP contribution is 2.10. The molecular weight excluding hydrogens is 160 g/mol. The fourth-order valence-corrected chi connectivity index (χ4v) is 1.60. The fourth-order valence-electron chi connectivity index (χ4n) is 1.60. The molecule has 1 rings (SSSR count). The van der Waals surface area contributed by atoms with Gasteiger partial charge in [0, 0.05) is 19.3 Å². The summed E-state index contributed by atoms with van der Waals surface area (Å²) in [5, 5.41) is 0. The Balaban J connectivity index is 2.62. The molecule has 72 valence electrons. The zero-order valence-electron chi connectivity index (χ0n) is 8.37. The summed E-state index contributed by atoms with van der Waals surface area (Å²) in [4.78, 5) is 6.58. The van der Waals surface area contributed by atoms with Gasteiger partial charge in [0.15, 0.2) is 0 Å². The molecule has 2 nitrogen and oxygen atoms in total. The molecule has 0 spiro atoms. The molecule has 13 heavy (non-hydrogen) atoms. The van der Waals surface area contributed by atoms with Crippen molar-refractivity contribution >= 4 is 5.84 Å². The van der Waals surface area contributed by atoms with Gasteiger partial charge in [-0.05, 0) is 32.3 Å². The van der Waals surface area contributed by atoms with Crippen molar-refractivity contribution in [1.82, 2.24) is 4.90 Å². The van der Waals surface area contributed by atoms with E-state index in [4.69, 9.17) is 0 Å². The lowest BCUT2D eigenvalue weighted by molar-refractivity contribution is 0.343. The molecule has 0 aromatic heterocycles. The molecule has 1 aliphatic heterocycles. The molecule has 1 saturated heterocycles. The highest BCUT2D eigenvalue weighted by Gasteiger charge is 2.11. The molecule has 0 aliphatic carbocycles. The average molecular weight is 178 g/mol. The van der Waals surface area contributed by atoms with Crippen LogP contribution < -0.4 is 0 Å². The summed E-state index contributed by atoms with van der Waals surface area (Å²) in [7, 11) is 0. The van der Waals surface area contributed by atoms with Gasteiger partial charge < -0.3 is 4.90 Å². The second-order valence-corrected chi connectivity index (χ2v) is 3.22. The van der Waals surface area contributed by atoms with Crippen LogP contribution in [0, 0.1) is 0 Å². The zero-order valence-corrected chi connectivity index (χ0v) is 8.37. The van der Waals surface area contributed by atoms with E-state index in [1.165, 1.54) is 19.3 Å². The number of rotatable bonds is 2. The maximum Gasteiger partial charge on any atom is 0.128 e. The Bertz CT molecular complexity index is 210. The molecule has 0 bridgehead atoms. The van der Waals surface area contributed by atoms with Gasteiger partial charge in [0.2, 0.25) is 0 Å². The van der Waals surface area contributed by atoms with Crippen LogP contribution in [0.25, 0.3) is 0 Å². The Kier molecular flexibility index (Phi) is 4.30. The van der Waals surface area contributed by atoms with Crippen LogP contribution >= 0.6 is 0 Å². The van der Waals surface area contributed by atoms with E-state index in [-0.39, 0.29) is 0 Å². The van der Waals surface area contributed by atoms with Crippen LogP contribution in [0.15, 0.2) is 29.9 Å². The van der Waals surface area contributed by atoms with Crippen molar-refractivity contribution in [3.8, 4) is 0 Å². The molecule has 0 unspecified atom stereocenters. The van der Waals surface area contributed by atoms with E-state index < -0.39 is 0 Å². The maximum absolute atomic E-state index is 4.26. The Morgan fingerprint density at radius 1 is 1.31 bits per heavy atom. The standard InChI is InChI=1S/C11H18N2/c1-3-8-11(12-4-2)13-9-6-5-7-10-13/h3-4,8H,2,5-7,9-10H2,1H3/b8-3-,12-11?. The van der Waals surface area contributed by atoms with Gasteiger partial charge in [0.25, 0.3) is 0 Å². The molecule has 0 aromatic carbocycles. The van der Waals surface area contributed by atoms with Crippen molar-refractivity contribution in [2.24, 2.45) is 4.99 Å². The van der Waals surface area contributed by atoms with Gasteiger partial charge in [-0.2, -0.15) is 0 Å². The molecule has 1 heterocycles. The number of hydrogen-bond acceptors (Lipinski definition) is 1. The third-order valence-corrected chi connectivity index (χ3v) is 2.22. The largest absolute Gasteiger partial charge is 0.357 e. The van der Waals surface area contributed by atoms with E-state index in [2.05, 4.69) is 16.5 Å². The zero-order chi connectivity index (χ0) is 9.52. The van der Waals surface area contributed by atoms with Crippen LogP contribution in [0.2, 0.25) is 0 Å². The van der Waals surface area contributed by atoms with Crippen molar-refractivity contribution < 1.29 is 0 Å². The number of nitrogens with zero attached hydrogens (tertiary/aromatic N) is 2. The van der Waals surface area contributed by atoms with Crippen molar-refractivity contribution in [3.05, 3.63) is 24.9 Å². The van der Waals surface area contributed by atoms with Crippen LogP contribution in [-0.2, 0) is 0 Å². The third kappa shape index (κ3) is 3.05. The van der Waals surface area contributed by atoms with Gasteiger partial charge >= 0.3 is 0 Å². The minimum absolute atomic E-state index is 1.05. The van der Waals surface area contributed by atoms with Gasteiger partial charge in [-0.25, -0.2) is 4.99 Å². The Morgan fingerprint density at radius 2 is 2.00 bits per heavy atom. The Hall–Kier alpha value is -1.05. The first-order valence-corrected chi connectivity index (χ1v) is 4.95. The highest BCUT2D eigenvalue weighted by atomic mass is 15.2. The second kappa shape index (κ2) is 5.57. The smallest absolute Gasteiger partial charge is 0.128 e. The first kappa shape index (κ1) is 10.0. The van der Waals surface area contributed by atoms with Crippen molar-refractivity contribution in [2.75, 3.05) is 13.1 Å². The number of allylic oxidation sites excluding steroid dienone is 1. The van der Waals surface area contributed by atoms with Crippen LogP contribution in [0.3, 0.4) is 0 Å². The van der Waals surface area contributed by atoms with Gasteiger partial charge in [-0.15, -0.1) is 0 Å². The number of aliphatic imine (C=N–C) groups is 1. The summed E-state index contributed by atoms with van der Waals surface area (Å²) in [5.41, 5.74) is 0. The topological polar surface area (TPSA) is 15.6 Å². The molecule has 0 N–H and O–H groups in total. The quantitative estimate of drug-likeness (QED) is 0.469. The van der Waals surface area contributed by atoms with Gasteiger partial charge in [-0.1, -0.05) is 12.7 Å². The molecular formula is C11H18N2. The summed E-state index contributed by atoms with van der Waals surface area (Å²) in [6, 6.07) is 0.